The number of nitrogens with zero attached hydrogens (tertiary/aromatic N) is 1. The summed E-state index contributed by atoms with van der Waals surface area (Å²) in [5, 5.41) is 24.6. The number of β-amino-alcohol motifs (C(OH)–C–C–N with tert-alkyl or cyclic N) is 1. The Morgan fingerprint density at radius 1 is 1.26 bits per heavy atom. The number of carboxylic acid groups (broad SMARTS) is 1. The van der Waals surface area contributed by atoms with Crippen LogP contribution in [0, 0.1) is 5.92 Å². The van der Waals surface area contributed by atoms with Gasteiger partial charge in [0.1, 0.15) is 0 Å². The third kappa shape index (κ3) is 4.64. The summed E-state index contributed by atoms with van der Waals surface area (Å²) in [4.78, 5) is 13.5. The summed E-state index contributed by atoms with van der Waals surface area (Å²) >= 11 is 0. The minimum Gasteiger partial charge on any atom is -0.465 e. The van der Waals surface area contributed by atoms with Crippen LogP contribution in [0.2, 0.25) is 0 Å². The van der Waals surface area contributed by atoms with E-state index < -0.39 is 23.8 Å². The van der Waals surface area contributed by atoms with E-state index >= 15 is 0 Å². The Balaban J connectivity index is 1.76. The Kier molecular flexibility index (Phi) is 5.82. The number of aliphatic hydroxyl groups is 1. The van der Waals surface area contributed by atoms with Gasteiger partial charge in [0.2, 0.25) is 0 Å². The fourth-order valence-corrected chi connectivity index (χ4v) is 5.08. The van der Waals surface area contributed by atoms with E-state index in [4.69, 9.17) is 0 Å². The number of fused-ring (bicyclic) bond motifs is 2. The van der Waals surface area contributed by atoms with Gasteiger partial charge in [-0.1, -0.05) is 30.3 Å². The molecule has 2 aliphatic rings. The van der Waals surface area contributed by atoms with Crippen LogP contribution in [0.1, 0.15) is 58.4 Å². The lowest BCUT2D eigenvalue weighted by Crippen LogP contribution is -2.59. The first kappa shape index (κ1) is 20.2. The predicted molar refractivity (Wildman–Crippen MR) is 107 cm³/mol. The van der Waals surface area contributed by atoms with Crippen LogP contribution in [-0.2, 0) is 6.42 Å². The van der Waals surface area contributed by atoms with Gasteiger partial charge in [0.05, 0.1) is 12.1 Å². The fourth-order valence-electron chi connectivity index (χ4n) is 5.08. The first-order valence-electron chi connectivity index (χ1n) is 10.2. The van der Waals surface area contributed by atoms with Gasteiger partial charge in [-0.05, 0) is 70.8 Å². The van der Waals surface area contributed by atoms with Gasteiger partial charge in [0.25, 0.3) is 0 Å². The highest BCUT2D eigenvalue weighted by Crippen LogP contribution is 2.47. The Hall–Kier alpha value is -1.59. The van der Waals surface area contributed by atoms with Crippen molar-refractivity contribution in [1.82, 2.24) is 10.2 Å². The standard InChI is InChI=1S/C22H34N2O3/c1-21(2,3)24(20(26)27)18(13-16-7-5-4-6-8-16)19(25)15-23-22-11-9-17(14-22)10-12-22/h4-8,17-19,23,25H,9-15H2,1-3H3,(H,26,27)/t17?,18-,19-,22?/m0/s1. The molecule has 2 bridgehead atoms. The molecule has 0 radical (unpaired) electrons. The Labute approximate surface area is 162 Å². The Morgan fingerprint density at radius 3 is 2.37 bits per heavy atom. The third-order valence-corrected chi connectivity index (χ3v) is 6.42. The van der Waals surface area contributed by atoms with E-state index in [2.05, 4.69) is 5.32 Å². The van der Waals surface area contributed by atoms with Crippen molar-refractivity contribution in [3.05, 3.63) is 35.9 Å². The number of aliphatic hydroxyl groups excluding tert-OH is 1. The second kappa shape index (κ2) is 7.80. The van der Waals surface area contributed by atoms with Crippen molar-refractivity contribution in [2.45, 2.75) is 82.5 Å². The van der Waals surface area contributed by atoms with Crippen LogP contribution in [0.25, 0.3) is 0 Å². The first-order chi connectivity index (χ1) is 12.7. The molecular formula is C22H34N2O3. The van der Waals surface area contributed by atoms with Gasteiger partial charge >= 0.3 is 6.09 Å². The van der Waals surface area contributed by atoms with Crippen molar-refractivity contribution in [2.24, 2.45) is 5.92 Å². The summed E-state index contributed by atoms with van der Waals surface area (Å²) in [5.41, 5.74) is 0.617. The number of hydrogen-bond donors (Lipinski definition) is 3. The van der Waals surface area contributed by atoms with Crippen molar-refractivity contribution in [2.75, 3.05) is 6.54 Å². The summed E-state index contributed by atoms with van der Waals surface area (Å²) in [6.45, 7) is 6.09. The summed E-state index contributed by atoms with van der Waals surface area (Å²) in [6, 6.07) is 9.35. The smallest absolute Gasteiger partial charge is 0.408 e. The monoisotopic (exact) mass is 374 g/mol. The average Bonchev–Trinajstić information content (AvgIpc) is 3.20. The van der Waals surface area contributed by atoms with E-state index in [0.717, 1.165) is 11.5 Å². The lowest BCUT2D eigenvalue weighted by molar-refractivity contribution is 0.00496. The molecule has 2 atom stereocenters. The van der Waals surface area contributed by atoms with Crippen LogP contribution < -0.4 is 5.32 Å². The van der Waals surface area contributed by atoms with Crippen molar-refractivity contribution >= 4 is 6.09 Å². The molecule has 0 spiro atoms. The van der Waals surface area contributed by atoms with Crippen molar-refractivity contribution < 1.29 is 15.0 Å². The molecule has 1 amide bonds. The minimum absolute atomic E-state index is 0.165. The third-order valence-electron chi connectivity index (χ3n) is 6.42. The van der Waals surface area contributed by atoms with Crippen LogP contribution >= 0.6 is 0 Å². The Morgan fingerprint density at radius 2 is 1.89 bits per heavy atom. The number of carbonyl (C=O) groups is 1. The molecule has 2 aliphatic carbocycles. The quantitative estimate of drug-likeness (QED) is 0.681. The first-order valence-corrected chi connectivity index (χ1v) is 10.2. The van der Waals surface area contributed by atoms with E-state index in [1.54, 1.807) is 0 Å². The zero-order chi connectivity index (χ0) is 19.7. The van der Waals surface area contributed by atoms with Gasteiger partial charge in [-0.2, -0.15) is 0 Å². The summed E-state index contributed by atoms with van der Waals surface area (Å²) < 4.78 is 0. The van der Waals surface area contributed by atoms with Gasteiger partial charge in [-0.3, -0.25) is 4.90 Å². The van der Waals surface area contributed by atoms with Crippen molar-refractivity contribution in [3.63, 3.8) is 0 Å². The highest BCUT2D eigenvalue weighted by atomic mass is 16.4. The summed E-state index contributed by atoms with van der Waals surface area (Å²) in [6.07, 6.45) is 4.87. The molecule has 3 N–H and O–H groups in total. The fraction of sp³-hybridized carbons (Fsp3) is 0.682. The van der Waals surface area contributed by atoms with Crippen LogP contribution in [0.5, 0.6) is 0 Å². The second-order valence-corrected chi connectivity index (χ2v) is 9.46. The molecule has 27 heavy (non-hydrogen) atoms. The predicted octanol–water partition coefficient (Wildman–Crippen LogP) is 3.66. The molecule has 0 aromatic heterocycles. The molecule has 150 valence electrons. The van der Waals surface area contributed by atoms with E-state index in [1.165, 1.54) is 37.0 Å². The second-order valence-electron chi connectivity index (χ2n) is 9.46. The maximum Gasteiger partial charge on any atom is 0.408 e. The molecule has 0 unspecified atom stereocenters. The topological polar surface area (TPSA) is 72.8 Å². The molecule has 2 saturated carbocycles. The van der Waals surface area contributed by atoms with Crippen molar-refractivity contribution in [1.29, 1.82) is 0 Å². The SMILES string of the molecule is CC(C)(C)N(C(=O)O)[C@@H](Cc1ccccc1)[C@@H](O)CNC12CCC(CC1)C2. The maximum absolute atomic E-state index is 12.1. The molecule has 2 fully saturated rings. The number of nitrogens with one attached hydrogen (secondary N) is 1. The van der Waals surface area contributed by atoms with E-state index in [9.17, 15) is 15.0 Å². The van der Waals surface area contributed by atoms with Gasteiger partial charge in [0, 0.05) is 17.6 Å². The van der Waals surface area contributed by atoms with Gasteiger partial charge in [-0.25, -0.2) is 4.79 Å². The molecule has 5 heteroatoms. The largest absolute Gasteiger partial charge is 0.465 e. The number of hydrogen-bond acceptors (Lipinski definition) is 3. The molecule has 0 heterocycles. The molecule has 1 aromatic rings. The van der Waals surface area contributed by atoms with Gasteiger partial charge in [0.15, 0.2) is 0 Å². The lowest BCUT2D eigenvalue weighted by Gasteiger charge is -2.42. The zero-order valence-electron chi connectivity index (χ0n) is 16.8. The van der Waals surface area contributed by atoms with Crippen LogP contribution in [-0.4, -0.2) is 51.0 Å². The Bertz CT molecular complexity index is 633. The van der Waals surface area contributed by atoms with Crippen LogP contribution in [0.4, 0.5) is 4.79 Å². The lowest BCUT2D eigenvalue weighted by atomic mass is 9.91. The normalized spacial score (nSPS) is 26.7. The highest BCUT2D eigenvalue weighted by Gasteiger charge is 2.45. The molecule has 5 nitrogen and oxygen atoms in total. The molecule has 3 rings (SSSR count). The maximum atomic E-state index is 12.1. The summed E-state index contributed by atoms with van der Waals surface area (Å²) in [5.74, 6) is 0.833. The van der Waals surface area contributed by atoms with E-state index in [0.29, 0.717) is 13.0 Å². The molecule has 1 aromatic carbocycles. The van der Waals surface area contributed by atoms with Crippen molar-refractivity contribution in [3.8, 4) is 0 Å². The van der Waals surface area contributed by atoms with Gasteiger partial charge in [-0.15, -0.1) is 0 Å². The highest BCUT2D eigenvalue weighted by molar-refractivity contribution is 5.66. The van der Waals surface area contributed by atoms with E-state index in [-0.39, 0.29) is 5.54 Å². The zero-order valence-corrected chi connectivity index (χ0v) is 16.8. The molecule has 0 saturated heterocycles. The number of benzene rings is 1. The average molecular weight is 375 g/mol. The van der Waals surface area contributed by atoms with Crippen LogP contribution in [0.15, 0.2) is 30.3 Å². The summed E-state index contributed by atoms with van der Waals surface area (Å²) in [7, 11) is 0. The van der Waals surface area contributed by atoms with Gasteiger partial charge < -0.3 is 15.5 Å². The molecular weight excluding hydrogens is 340 g/mol. The number of amides is 1. The molecule has 0 aliphatic heterocycles. The minimum atomic E-state index is -0.984. The van der Waals surface area contributed by atoms with E-state index in [1.807, 2.05) is 51.1 Å². The van der Waals surface area contributed by atoms with Crippen LogP contribution in [0.3, 0.4) is 0 Å². The number of rotatable bonds is 7.